The first kappa shape index (κ1) is 28.9. The summed E-state index contributed by atoms with van der Waals surface area (Å²) in [7, 11) is 0. The zero-order valence-electron chi connectivity index (χ0n) is 21.5. The molecule has 2 N–H and O–H groups in total. The summed E-state index contributed by atoms with van der Waals surface area (Å²) in [5.74, 6) is -0.226. The lowest BCUT2D eigenvalue weighted by Crippen LogP contribution is -2.57. The van der Waals surface area contributed by atoms with E-state index >= 15 is 0 Å². The Hall–Kier alpha value is -2.69. The fourth-order valence-electron chi connectivity index (χ4n) is 4.18. The van der Waals surface area contributed by atoms with Crippen molar-refractivity contribution in [3.63, 3.8) is 0 Å². The van der Waals surface area contributed by atoms with Crippen LogP contribution in [0.2, 0.25) is 0 Å². The number of nitrogens with zero attached hydrogens (tertiary/aromatic N) is 2. The van der Waals surface area contributed by atoms with Crippen molar-refractivity contribution in [3.8, 4) is 0 Å². The molecular weight excluding hydrogens is 527 g/mol. The lowest BCUT2D eigenvalue weighted by molar-refractivity contribution is -0.139. The van der Waals surface area contributed by atoms with Crippen LogP contribution in [0, 0.1) is 0 Å². The topological polar surface area (TPSA) is 90.0 Å². The van der Waals surface area contributed by atoms with Gasteiger partial charge in [0.25, 0.3) is 0 Å². The Balaban J connectivity index is 1.69. The number of unbranched alkanes of at least 4 members (excludes halogenated alkanes) is 1. The molecule has 0 aliphatic carbocycles. The van der Waals surface area contributed by atoms with Gasteiger partial charge in [0.2, 0.25) is 11.8 Å². The molecule has 0 spiro atoms. The highest BCUT2D eigenvalue weighted by Crippen LogP contribution is 2.25. The highest BCUT2D eigenvalue weighted by molar-refractivity contribution is 7.10. The monoisotopic (exact) mass is 561 g/mol. The first-order valence-corrected chi connectivity index (χ1v) is 14.9. The summed E-state index contributed by atoms with van der Waals surface area (Å²) in [6, 6.07) is 10.9. The van der Waals surface area contributed by atoms with Gasteiger partial charge in [-0.15, -0.1) is 34.0 Å². The van der Waals surface area contributed by atoms with Crippen molar-refractivity contribution in [2.75, 3.05) is 6.54 Å². The standard InChI is InChI=1S/C27H35N3O4S3/c1-27(2,3)30(26(33)34)23(12-4-5-13-28-24(31)17-20-9-6-14-35-20)25(32)29(18-21-10-7-15-36-21)19-22-11-8-16-37-22/h6-11,14-16,23H,4-5,12-13,17-19H2,1-3H3,(H,28,31)(H,33,34)/t23-/m0/s1. The number of carbonyl (C=O) groups is 3. The summed E-state index contributed by atoms with van der Waals surface area (Å²) in [6.07, 6.45) is 0.904. The zero-order chi connectivity index (χ0) is 26.8. The molecule has 0 radical (unpaired) electrons. The van der Waals surface area contributed by atoms with E-state index in [-0.39, 0.29) is 11.8 Å². The van der Waals surface area contributed by atoms with Gasteiger partial charge in [-0.05, 0) is 74.4 Å². The van der Waals surface area contributed by atoms with Crippen molar-refractivity contribution < 1.29 is 19.5 Å². The molecule has 3 rings (SSSR count). The lowest BCUT2D eigenvalue weighted by atomic mass is 9.98. The highest BCUT2D eigenvalue weighted by Gasteiger charge is 2.39. The fraction of sp³-hybridized carbons (Fsp3) is 0.444. The van der Waals surface area contributed by atoms with Crippen LogP contribution >= 0.6 is 34.0 Å². The second-order valence-electron chi connectivity index (χ2n) is 9.79. The Bertz CT molecular complexity index is 1070. The van der Waals surface area contributed by atoms with Crippen LogP contribution in [0.3, 0.4) is 0 Å². The van der Waals surface area contributed by atoms with Crippen LogP contribution in [0.4, 0.5) is 4.79 Å². The third-order valence-electron chi connectivity index (χ3n) is 5.83. The summed E-state index contributed by atoms with van der Waals surface area (Å²) < 4.78 is 0. The van der Waals surface area contributed by atoms with E-state index in [1.807, 2.05) is 73.3 Å². The number of hydrogen-bond acceptors (Lipinski definition) is 6. The third-order valence-corrected chi connectivity index (χ3v) is 8.43. The maximum Gasteiger partial charge on any atom is 0.408 e. The second kappa shape index (κ2) is 13.7. The van der Waals surface area contributed by atoms with E-state index in [4.69, 9.17) is 0 Å². The molecule has 0 aromatic carbocycles. The number of thiophene rings is 3. The van der Waals surface area contributed by atoms with Gasteiger partial charge in [-0.25, -0.2) is 4.79 Å². The van der Waals surface area contributed by atoms with Gasteiger partial charge in [-0.2, -0.15) is 0 Å². The van der Waals surface area contributed by atoms with E-state index in [1.165, 1.54) is 4.90 Å². The first-order valence-electron chi connectivity index (χ1n) is 12.3. The van der Waals surface area contributed by atoms with Crippen LogP contribution in [-0.2, 0) is 29.1 Å². The molecular formula is C27H35N3O4S3. The summed E-state index contributed by atoms with van der Waals surface area (Å²) in [4.78, 5) is 44.7. The minimum Gasteiger partial charge on any atom is -0.465 e. The maximum atomic E-state index is 14.0. The molecule has 3 amide bonds. The van der Waals surface area contributed by atoms with Crippen LogP contribution < -0.4 is 5.32 Å². The molecule has 10 heteroatoms. The van der Waals surface area contributed by atoms with Crippen molar-refractivity contribution >= 4 is 51.9 Å². The van der Waals surface area contributed by atoms with Crippen LogP contribution in [0.25, 0.3) is 0 Å². The van der Waals surface area contributed by atoms with Gasteiger partial charge in [0.15, 0.2) is 0 Å². The van der Waals surface area contributed by atoms with Gasteiger partial charge in [-0.3, -0.25) is 14.5 Å². The molecule has 0 unspecified atom stereocenters. The number of carbonyl (C=O) groups excluding carboxylic acids is 2. The molecule has 0 aliphatic heterocycles. The largest absolute Gasteiger partial charge is 0.465 e. The molecule has 7 nitrogen and oxygen atoms in total. The van der Waals surface area contributed by atoms with Gasteiger partial charge < -0.3 is 15.3 Å². The lowest BCUT2D eigenvalue weighted by Gasteiger charge is -2.40. The average Bonchev–Trinajstić information content (AvgIpc) is 3.60. The molecule has 0 saturated carbocycles. The first-order chi connectivity index (χ1) is 17.6. The molecule has 0 fully saturated rings. The molecule has 3 heterocycles. The van der Waals surface area contributed by atoms with Crippen molar-refractivity contribution in [1.29, 1.82) is 0 Å². The maximum absolute atomic E-state index is 14.0. The highest BCUT2D eigenvalue weighted by atomic mass is 32.1. The van der Waals surface area contributed by atoms with Crippen molar-refractivity contribution in [3.05, 3.63) is 67.2 Å². The van der Waals surface area contributed by atoms with E-state index < -0.39 is 17.7 Å². The van der Waals surface area contributed by atoms with Crippen molar-refractivity contribution in [1.82, 2.24) is 15.1 Å². The molecule has 0 aliphatic rings. The van der Waals surface area contributed by atoms with E-state index in [2.05, 4.69) is 5.32 Å². The van der Waals surface area contributed by atoms with Crippen LogP contribution in [0.5, 0.6) is 0 Å². The number of nitrogens with one attached hydrogen (secondary N) is 1. The molecule has 200 valence electrons. The SMILES string of the molecule is CC(C)(C)N(C(=O)O)[C@@H](CCCCNC(=O)Cc1cccs1)C(=O)N(Cc1cccs1)Cc1cccs1. The molecule has 0 saturated heterocycles. The van der Waals surface area contributed by atoms with E-state index in [9.17, 15) is 19.5 Å². The normalized spacial score (nSPS) is 12.2. The molecule has 1 atom stereocenters. The smallest absolute Gasteiger partial charge is 0.408 e. The van der Waals surface area contributed by atoms with Gasteiger partial charge in [0, 0.05) is 26.7 Å². The summed E-state index contributed by atoms with van der Waals surface area (Å²) in [5.41, 5.74) is -0.751. The molecule has 37 heavy (non-hydrogen) atoms. The van der Waals surface area contributed by atoms with E-state index in [0.717, 1.165) is 14.6 Å². The Labute approximate surface area is 230 Å². The number of carboxylic acid groups (broad SMARTS) is 1. The number of amides is 3. The van der Waals surface area contributed by atoms with Gasteiger partial charge in [0.1, 0.15) is 6.04 Å². The molecule has 0 bridgehead atoms. The van der Waals surface area contributed by atoms with Crippen molar-refractivity contribution in [2.24, 2.45) is 0 Å². The summed E-state index contributed by atoms with van der Waals surface area (Å²) >= 11 is 4.72. The second-order valence-corrected chi connectivity index (χ2v) is 12.9. The van der Waals surface area contributed by atoms with Gasteiger partial charge in [0.05, 0.1) is 19.5 Å². The van der Waals surface area contributed by atoms with Crippen molar-refractivity contribution in [2.45, 2.75) is 71.1 Å². The quantitative estimate of drug-likeness (QED) is 0.248. The Morgan fingerprint density at radius 2 is 1.43 bits per heavy atom. The molecule has 3 aromatic heterocycles. The van der Waals surface area contributed by atoms with Gasteiger partial charge >= 0.3 is 6.09 Å². The van der Waals surface area contributed by atoms with Crippen LogP contribution in [-0.4, -0.2) is 50.9 Å². The molecule has 3 aromatic rings. The third kappa shape index (κ3) is 8.98. The minimum atomic E-state index is -1.11. The Morgan fingerprint density at radius 1 is 0.892 bits per heavy atom. The number of hydrogen-bond donors (Lipinski definition) is 2. The zero-order valence-corrected chi connectivity index (χ0v) is 24.0. The van der Waals surface area contributed by atoms with Crippen LogP contribution in [0.15, 0.2) is 52.5 Å². The van der Waals surface area contributed by atoms with E-state index in [1.54, 1.807) is 38.9 Å². The summed E-state index contributed by atoms with van der Waals surface area (Å²) in [5, 5.41) is 19.0. The van der Waals surface area contributed by atoms with Gasteiger partial charge in [-0.1, -0.05) is 18.2 Å². The Kier molecular flexibility index (Phi) is 10.7. The number of rotatable bonds is 13. The average molecular weight is 562 g/mol. The predicted molar refractivity (Wildman–Crippen MR) is 151 cm³/mol. The van der Waals surface area contributed by atoms with Crippen LogP contribution in [0.1, 0.15) is 54.7 Å². The Morgan fingerprint density at radius 3 is 1.89 bits per heavy atom. The minimum absolute atomic E-state index is 0.0324. The summed E-state index contributed by atoms with van der Waals surface area (Å²) in [6.45, 7) is 6.80. The predicted octanol–water partition coefficient (Wildman–Crippen LogP) is 6.08. The van der Waals surface area contributed by atoms with E-state index in [0.29, 0.717) is 45.3 Å². The fourth-order valence-corrected chi connectivity index (χ4v) is 6.32.